The van der Waals surface area contributed by atoms with Crippen molar-refractivity contribution in [1.82, 2.24) is 20.5 Å². The van der Waals surface area contributed by atoms with Gasteiger partial charge in [0.2, 0.25) is 11.1 Å². The van der Waals surface area contributed by atoms with Gasteiger partial charge >= 0.3 is 0 Å². The summed E-state index contributed by atoms with van der Waals surface area (Å²) in [5, 5.41) is 10.7. The van der Waals surface area contributed by atoms with Crippen molar-refractivity contribution in [2.45, 2.75) is 18.1 Å². The van der Waals surface area contributed by atoms with E-state index in [1.165, 1.54) is 27.8 Å². The second kappa shape index (κ2) is 9.52. The van der Waals surface area contributed by atoms with Crippen LogP contribution in [0.2, 0.25) is 0 Å². The second-order valence-electron chi connectivity index (χ2n) is 6.97. The van der Waals surface area contributed by atoms with Crippen LogP contribution in [0.4, 0.5) is 0 Å². The van der Waals surface area contributed by atoms with Gasteiger partial charge in [-0.3, -0.25) is 9.89 Å². The monoisotopic (exact) mass is 396 g/mol. The minimum Gasteiger partial charge on any atom is -0.349 e. The minimum absolute atomic E-state index is 0.0196. The van der Waals surface area contributed by atoms with E-state index >= 15 is 0 Å². The Kier molecular flexibility index (Phi) is 6.84. The van der Waals surface area contributed by atoms with Gasteiger partial charge in [-0.1, -0.05) is 71.9 Å². The summed E-state index contributed by atoms with van der Waals surface area (Å²) < 4.78 is 0. The molecule has 0 unspecified atom stereocenters. The number of aromatic nitrogens is 3. The number of benzene rings is 2. The number of H-pyrrole nitrogens is 1. The highest BCUT2D eigenvalue weighted by atomic mass is 32.2. The highest BCUT2D eigenvalue weighted by molar-refractivity contribution is 7.99. The molecule has 0 spiro atoms. The van der Waals surface area contributed by atoms with Gasteiger partial charge in [0.15, 0.2) is 5.82 Å². The number of carbonyl (C=O) groups is 1. The zero-order valence-corrected chi connectivity index (χ0v) is 17.2. The van der Waals surface area contributed by atoms with E-state index in [1.807, 2.05) is 49.4 Å². The van der Waals surface area contributed by atoms with Gasteiger partial charge in [0.25, 0.3) is 0 Å². The summed E-state index contributed by atoms with van der Waals surface area (Å²) in [5.41, 5.74) is 3.39. The van der Waals surface area contributed by atoms with Crippen LogP contribution < -0.4 is 10.2 Å². The molecular formula is C21H26N5OS+. The summed E-state index contributed by atoms with van der Waals surface area (Å²) in [6.07, 6.45) is 0. The van der Waals surface area contributed by atoms with Gasteiger partial charge < -0.3 is 10.2 Å². The Morgan fingerprint density at radius 3 is 2.54 bits per heavy atom. The van der Waals surface area contributed by atoms with Crippen molar-refractivity contribution < 1.29 is 9.69 Å². The predicted molar refractivity (Wildman–Crippen MR) is 112 cm³/mol. The summed E-state index contributed by atoms with van der Waals surface area (Å²) in [4.78, 5) is 18.0. The van der Waals surface area contributed by atoms with E-state index < -0.39 is 0 Å². The minimum atomic E-state index is -0.0196. The first kappa shape index (κ1) is 20.1. The van der Waals surface area contributed by atoms with Crippen LogP contribution in [0.5, 0.6) is 0 Å². The lowest BCUT2D eigenvalue weighted by molar-refractivity contribution is -0.890. The third-order valence-corrected chi connectivity index (χ3v) is 5.37. The lowest BCUT2D eigenvalue weighted by Crippen LogP contribution is -3.07. The van der Waals surface area contributed by atoms with Crippen LogP contribution in [-0.2, 0) is 4.79 Å². The maximum absolute atomic E-state index is 12.3. The van der Waals surface area contributed by atoms with E-state index in [9.17, 15) is 4.79 Å². The number of likely N-dealkylation sites (N-methyl/N-ethyl adjacent to an activating group) is 1. The lowest BCUT2D eigenvalue weighted by Gasteiger charge is -2.22. The van der Waals surface area contributed by atoms with Gasteiger partial charge in [0.1, 0.15) is 6.04 Å². The highest BCUT2D eigenvalue weighted by Crippen LogP contribution is 2.19. The molecule has 3 aromatic rings. The standard InChI is InChI=1S/C21H25N5OS/c1-15-9-11-17(12-10-15)20-23-21(25-24-20)28-14-19(27)22-13-18(26(2)3)16-7-5-4-6-8-16/h4-12,18H,13-14H2,1-3H3,(H,22,27)(H,23,24,25)/p+1/t18-/m1/s1. The fourth-order valence-corrected chi connectivity index (χ4v) is 3.52. The maximum atomic E-state index is 12.3. The van der Waals surface area contributed by atoms with Gasteiger partial charge in [-0.2, -0.15) is 0 Å². The van der Waals surface area contributed by atoms with Crippen molar-refractivity contribution in [3.8, 4) is 11.4 Å². The number of nitrogens with zero attached hydrogens (tertiary/aromatic N) is 2. The van der Waals surface area contributed by atoms with Crippen LogP contribution in [-0.4, -0.2) is 47.5 Å². The van der Waals surface area contributed by atoms with E-state index in [4.69, 9.17) is 0 Å². The number of amides is 1. The smallest absolute Gasteiger partial charge is 0.230 e. The van der Waals surface area contributed by atoms with Crippen LogP contribution in [0.1, 0.15) is 17.2 Å². The molecule has 3 N–H and O–H groups in total. The molecule has 28 heavy (non-hydrogen) atoms. The SMILES string of the molecule is Cc1ccc(-c2nc(SCC(=O)NC[C@H](c3ccccc3)[NH+](C)C)n[nH]2)cc1. The number of quaternary nitrogens is 1. The van der Waals surface area contributed by atoms with Gasteiger partial charge in [-0.25, -0.2) is 4.98 Å². The summed E-state index contributed by atoms with van der Waals surface area (Å²) >= 11 is 1.33. The van der Waals surface area contributed by atoms with Crippen molar-refractivity contribution in [3.05, 3.63) is 65.7 Å². The molecular weight excluding hydrogens is 370 g/mol. The molecule has 0 bridgehead atoms. The number of hydrogen-bond donors (Lipinski definition) is 3. The van der Waals surface area contributed by atoms with E-state index in [0.29, 0.717) is 17.5 Å². The summed E-state index contributed by atoms with van der Waals surface area (Å²) in [6, 6.07) is 18.5. The number of nitrogens with one attached hydrogen (secondary N) is 3. The molecule has 1 heterocycles. The average molecular weight is 397 g/mol. The highest BCUT2D eigenvalue weighted by Gasteiger charge is 2.18. The molecule has 0 radical (unpaired) electrons. The van der Waals surface area contributed by atoms with Gasteiger partial charge in [-0.05, 0) is 6.92 Å². The van der Waals surface area contributed by atoms with E-state index in [0.717, 1.165) is 5.56 Å². The Morgan fingerprint density at radius 2 is 1.86 bits per heavy atom. The second-order valence-corrected chi connectivity index (χ2v) is 7.91. The number of thioether (sulfide) groups is 1. The number of aromatic amines is 1. The molecule has 0 aliphatic rings. The van der Waals surface area contributed by atoms with E-state index in [2.05, 4.69) is 46.7 Å². The average Bonchev–Trinajstić information content (AvgIpc) is 3.17. The largest absolute Gasteiger partial charge is 0.349 e. The molecule has 6 nitrogen and oxygen atoms in total. The topological polar surface area (TPSA) is 75.1 Å². The normalized spacial score (nSPS) is 12.1. The lowest BCUT2D eigenvalue weighted by atomic mass is 10.1. The first-order valence-electron chi connectivity index (χ1n) is 9.27. The van der Waals surface area contributed by atoms with Gasteiger partial charge in [0.05, 0.1) is 26.4 Å². The zero-order chi connectivity index (χ0) is 19.9. The molecule has 0 saturated carbocycles. The number of carbonyl (C=O) groups excluding carboxylic acids is 1. The van der Waals surface area contributed by atoms with E-state index in [-0.39, 0.29) is 17.7 Å². The molecule has 0 fully saturated rings. The number of hydrogen-bond acceptors (Lipinski definition) is 4. The Balaban J connectivity index is 1.51. The molecule has 0 aliphatic heterocycles. The van der Waals surface area contributed by atoms with Crippen LogP contribution in [0.15, 0.2) is 59.8 Å². The Hall–Kier alpha value is -2.64. The van der Waals surface area contributed by atoms with Crippen molar-refractivity contribution in [2.75, 3.05) is 26.4 Å². The van der Waals surface area contributed by atoms with Gasteiger partial charge in [-0.15, -0.1) is 5.10 Å². The summed E-state index contributed by atoms with van der Waals surface area (Å²) in [6.45, 7) is 2.64. The van der Waals surface area contributed by atoms with Crippen LogP contribution in [0, 0.1) is 6.92 Å². The maximum Gasteiger partial charge on any atom is 0.230 e. The predicted octanol–water partition coefficient (Wildman–Crippen LogP) is 1.87. The van der Waals surface area contributed by atoms with Crippen molar-refractivity contribution >= 4 is 17.7 Å². The molecule has 2 aromatic carbocycles. The molecule has 3 rings (SSSR count). The van der Waals surface area contributed by atoms with Crippen LogP contribution >= 0.6 is 11.8 Å². The molecule has 0 saturated heterocycles. The molecule has 146 valence electrons. The number of aryl methyl sites for hydroxylation is 1. The Morgan fingerprint density at radius 1 is 1.14 bits per heavy atom. The molecule has 0 aliphatic carbocycles. The molecule has 1 atom stereocenters. The number of rotatable bonds is 8. The van der Waals surface area contributed by atoms with Crippen molar-refractivity contribution in [2.24, 2.45) is 0 Å². The van der Waals surface area contributed by atoms with Crippen LogP contribution in [0.25, 0.3) is 11.4 Å². The molecule has 7 heteroatoms. The van der Waals surface area contributed by atoms with Crippen molar-refractivity contribution in [1.29, 1.82) is 0 Å². The quantitative estimate of drug-likeness (QED) is 0.508. The van der Waals surface area contributed by atoms with E-state index in [1.54, 1.807) is 0 Å². The first-order chi connectivity index (χ1) is 13.5. The summed E-state index contributed by atoms with van der Waals surface area (Å²) in [5.74, 6) is 0.979. The van der Waals surface area contributed by atoms with Crippen molar-refractivity contribution in [3.63, 3.8) is 0 Å². The summed E-state index contributed by atoms with van der Waals surface area (Å²) in [7, 11) is 4.19. The Labute approximate surface area is 169 Å². The Bertz CT molecular complexity index is 893. The molecule has 1 amide bonds. The fourth-order valence-electron chi connectivity index (χ4n) is 2.89. The van der Waals surface area contributed by atoms with Gasteiger partial charge in [0, 0.05) is 11.1 Å². The fraction of sp³-hybridized carbons (Fsp3) is 0.286. The first-order valence-corrected chi connectivity index (χ1v) is 10.3. The third kappa shape index (κ3) is 5.43. The van der Waals surface area contributed by atoms with Crippen LogP contribution in [0.3, 0.4) is 0 Å². The molecule has 1 aromatic heterocycles. The zero-order valence-electron chi connectivity index (χ0n) is 16.4. The third-order valence-electron chi connectivity index (χ3n) is 4.52.